The summed E-state index contributed by atoms with van der Waals surface area (Å²) in [5.41, 5.74) is 0. The molecule has 0 aromatic rings. The molecule has 2 atom stereocenters. The Morgan fingerprint density at radius 2 is 1.95 bits per heavy atom. The summed E-state index contributed by atoms with van der Waals surface area (Å²) in [6.45, 7) is 0.559. The van der Waals surface area contributed by atoms with Gasteiger partial charge < -0.3 is 5.11 Å². The van der Waals surface area contributed by atoms with Crippen LogP contribution in [0.1, 0.15) is 32.1 Å². The lowest BCUT2D eigenvalue weighted by atomic mass is 10.1. The number of carbonyl (C=O) groups is 3. The van der Waals surface area contributed by atoms with E-state index in [1.807, 2.05) is 0 Å². The van der Waals surface area contributed by atoms with Crippen LogP contribution in [0.4, 0.5) is 0 Å². The van der Waals surface area contributed by atoms with Crippen LogP contribution in [0, 0.1) is 0 Å². The zero-order valence-electron chi connectivity index (χ0n) is 11.9. The summed E-state index contributed by atoms with van der Waals surface area (Å²) in [6, 6.07) is -1.19. The number of nitrogens with zero attached hydrogens (tertiary/aromatic N) is 2. The minimum absolute atomic E-state index is 0.0393. The first kappa shape index (κ1) is 14.8. The Balaban J connectivity index is 1.77. The Hall–Kier alpha value is -1.08. The summed E-state index contributed by atoms with van der Waals surface area (Å²) in [6.07, 6.45) is 4.05. The molecule has 116 valence electrons. The van der Waals surface area contributed by atoms with Gasteiger partial charge in [0.2, 0.25) is 11.8 Å². The molecule has 2 unspecified atom stereocenters. The average Bonchev–Trinajstić information content (AvgIpc) is 3.07. The second kappa shape index (κ2) is 5.96. The Morgan fingerprint density at radius 3 is 2.62 bits per heavy atom. The minimum Gasteiger partial charge on any atom is -0.480 e. The first-order valence-corrected chi connectivity index (χ1v) is 8.67. The van der Waals surface area contributed by atoms with Gasteiger partial charge in [-0.15, -0.1) is 0 Å². The van der Waals surface area contributed by atoms with E-state index in [-0.39, 0.29) is 24.3 Å². The molecule has 1 aliphatic carbocycles. The van der Waals surface area contributed by atoms with Gasteiger partial charge in [-0.1, -0.05) is 12.8 Å². The van der Waals surface area contributed by atoms with E-state index >= 15 is 0 Å². The summed E-state index contributed by atoms with van der Waals surface area (Å²) in [5, 5.41) is 9.33. The SMILES string of the molecule is O=C(O)C1CSCCN1C1CC(=O)N(C2CCCC2)C1=O. The van der Waals surface area contributed by atoms with Crippen LogP contribution in [0.15, 0.2) is 0 Å². The molecule has 7 heteroatoms. The van der Waals surface area contributed by atoms with Gasteiger partial charge in [0.15, 0.2) is 0 Å². The molecule has 1 saturated carbocycles. The number of likely N-dealkylation sites (tertiary alicyclic amines) is 1. The van der Waals surface area contributed by atoms with Crippen molar-refractivity contribution in [2.24, 2.45) is 0 Å². The standard InChI is InChI=1S/C14H20N2O4S/c17-12-7-10(13(18)16(12)9-3-1-2-4-9)15-5-6-21-8-11(15)14(19)20/h9-11H,1-8H2,(H,19,20). The fourth-order valence-electron chi connectivity index (χ4n) is 3.64. The molecule has 2 aliphatic heterocycles. The summed E-state index contributed by atoms with van der Waals surface area (Å²) in [5.74, 6) is 0.0909. The van der Waals surface area contributed by atoms with Crippen LogP contribution in [-0.4, -0.2) is 68.9 Å². The molecule has 0 aromatic carbocycles. The predicted octanol–water partition coefficient (Wildman–Crippen LogP) is 0.558. The van der Waals surface area contributed by atoms with Crippen LogP contribution >= 0.6 is 11.8 Å². The van der Waals surface area contributed by atoms with Gasteiger partial charge in [0, 0.05) is 24.1 Å². The van der Waals surface area contributed by atoms with Crippen molar-refractivity contribution in [3.8, 4) is 0 Å². The van der Waals surface area contributed by atoms with E-state index in [0.29, 0.717) is 12.3 Å². The van der Waals surface area contributed by atoms with E-state index < -0.39 is 18.1 Å². The summed E-state index contributed by atoms with van der Waals surface area (Å²) >= 11 is 1.59. The number of carboxylic acid groups (broad SMARTS) is 1. The topological polar surface area (TPSA) is 77.9 Å². The number of amides is 2. The van der Waals surface area contributed by atoms with Gasteiger partial charge in [0.05, 0.1) is 12.5 Å². The number of aliphatic carboxylic acids is 1. The second-order valence-corrected chi connectivity index (χ2v) is 7.08. The molecule has 0 bridgehead atoms. The number of carboxylic acids is 1. The maximum Gasteiger partial charge on any atom is 0.321 e. The monoisotopic (exact) mass is 312 g/mol. The highest BCUT2D eigenvalue weighted by molar-refractivity contribution is 7.99. The number of rotatable bonds is 3. The van der Waals surface area contributed by atoms with Gasteiger partial charge in [0.1, 0.15) is 6.04 Å². The van der Waals surface area contributed by atoms with Crippen molar-refractivity contribution < 1.29 is 19.5 Å². The molecule has 2 heterocycles. The fraction of sp³-hybridized carbons (Fsp3) is 0.786. The molecule has 21 heavy (non-hydrogen) atoms. The van der Waals surface area contributed by atoms with Gasteiger partial charge in [0.25, 0.3) is 0 Å². The Labute approximate surface area is 127 Å². The van der Waals surface area contributed by atoms with Gasteiger partial charge in [-0.3, -0.25) is 24.2 Å². The van der Waals surface area contributed by atoms with E-state index in [4.69, 9.17) is 0 Å². The van der Waals surface area contributed by atoms with Crippen LogP contribution in [0.3, 0.4) is 0 Å². The second-order valence-electron chi connectivity index (χ2n) is 5.93. The average molecular weight is 312 g/mol. The van der Waals surface area contributed by atoms with Gasteiger partial charge in [-0.25, -0.2) is 0 Å². The highest BCUT2D eigenvalue weighted by atomic mass is 32.2. The molecule has 0 spiro atoms. The van der Waals surface area contributed by atoms with Crippen molar-refractivity contribution in [2.45, 2.75) is 50.2 Å². The quantitative estimate of drug-likeness (QED) is 0.767. The third kappa shape index (κ3) is 2.68. The highest BCUT2D eigenvalue weighted by Crippen LogP contribution is 2.31. The Kier molecular flexibility index (Phi) is 4.21. The van der Waals surface area contributed by atoms with Crippen LogP contribution in [0.5, 0.6) is 0 Å². The molecule has 1 N–H and O–H groups in total. The molecule has 0 radical (unpaired) electrons. The highest BCUT2D eigenvalue weighted by Gasteiger charge is 2.48. The first-order valence-electron chi connectivity index (χ1n) is 7.52. The largest absolute Gasteiger partial charge is 0.480 e. The number of carbonyl (C=O) groups excluding carboxylic acids is 2. The maximum absolute atomic E-state index is 12.6. The van der Waals surface area contributed by atoms with E-state index in [9.17, 15) is 19.5 Å². The lowest BCUT2D eigenvalue weighted by molar-refractivity contribution is -0.145. The third-order valence-corrected chi connectivity index (χ3v) is 5.73. The maximum atomic E-state index is 12.6. The van der Waals surface area contributed by atoms with Crippen molar-refractivity contribution >= 4 is 29.5 Å². The van der Waals surface area contributed by atoms with Crippen molar-refractivity contribution in [3.05, 3.63) is 0 Å². The summed E-state index contributed by atoms with van der Waals surface area (Å²) in [4.78, 5) is 39.4. The van der Waals surface area contributed by atoms with Crippen molar-refractivity contribution in [2.75, 3.05) is 18.1 Å². The number of hydrogen-bond acceptors (Lipinski definition) is 5. The van der Waals surface area contributed by atoms with E-state index in [1.54, 1.807) is 16.7 Å². The van der Waals surface area contributed by atoms with Crippen LogP contribution in [0.25, 0.3) is 0 Å². The van der Waals surface area contributed by atoms with E-state index in [1.165, 1.54) is 4.90 Å². The van der Waals surface area contributed by atoms with Crippen molar-refractivity contribution in [3.63, 3.8) is 0 Å². The van der Waals surface area contributed by atoms with Crippen LogP contribution in [-0.2, 0) is 14.4 Å². The Bertz CT molecular complexity index is 464. The number of hydrogen-bond donors (Lipinski definition) is 1. The molecule has 3 rings (SSSR count). The van der Waals surface area contributed by atoms with Crippen LogP contribution in [0.2, 0.25) is 0 Å². The molecule has 3 aliphatic rings. The van der Waals surface area contributed by atoms with Gasteiger partial charge >= 0.3 is 5.97 Å². The molecule has 3 fully saturated rings. The summed E-state index contributed by atoms with van der Waals surface area (Å²) in [7, 11) is 0. The van der Waals surface area contributed by atoms with Gasteiger partial charge in [-0.05, 0) is 12.8 Å². The van der Waals surface area contributed by atoms with Crippen molar-refractivity contribution in [1.82, 2.24) is 9.80 Å². The smallest absolute Gasteiger partial charge is 0.321 e. The lowest BCUT2D eigenvalue weighted by Crippen LogP contribution is -2.55. The molecule has 6 nitrogen and oxygen atoms in total. The molecular weight excluding hydrogens is 292 g/mol. The van der Waals surface area contributed by atoms with E-state index in [0.717, 1.165) is 31.4 Å². The zero-order chi connectivity index (χ0) is 15.0. The van der Waals surface area contributed by atoms with Gasteiger partial charge in [-0.2, -0.15) is 11.8 Å². The number of thioether (sulfide) groups is 1. The fourth-order valence-corrected chi connectivity index (χ4v) is 4.71. The Morgan fingerprint density at radius 1 is 1.24 bits per heavy atom. The van der Waals surface area contributed by atoms with Crippen molar-refractivity contribution in [1.29, 1.82) is 0 Å². The molecular formula is C14H20N2O4S. The normalized spacial score (nSPS) is 32.1. The van der Waals surface area contributed by atoms with Crippen LogP contribution < -0.4 is 0 Å². The summed E-state index contributed by atoms with van der Waals surface area (Å²) < 4.78 is 0. The minimum atomic E-state index is -0.901. The number of imide groups is 1. The third-order valence-electron chi connectivity index (χ3n) is 4.70. The predicted molar refractivity (Wildman–Crippen MR) is 78.0 cm³/mol. The van der Waals surface area contributed by atoms with E-state index in [2.05, 4.69) is 0 Å². The molecule has 0 aromatic heterocycles. The molecule has 2 saturated heterocycles. The lowest BCUT2D eigenvalue weighted by Gasteiger charge is -2.36. The first-order chi connectivity index (χ1) is 10.1. The molecule has 2 amide bonds. The zero-order valence-corrected chi connectivity index (χ0v) is 12.7.